The van der Waals surface area contributed by atoms with Crippen molar-refractivity contribution in [2.24, 2.45) is 0 Å². The van der Waals surface area contributed by atoms with Crippen LogP contribution in [0.5, 0.6) is 11.8 Å². The number of fused-ring (bicyclic) bond motifs is 1. The molecule has 0 fully saturated rings. The molecular weight excluding hydrogens is 360 g/mol. The molecule has 0 spiro atoms. The molecular formula is C17H15BrN2O3. The minimum Gasteiger partial charge on any atom is -0.465 e. The second-order valence-electron chi connectivity index (χ2n) is 4.83. The zero-order chi connectivity index (χ0) is 16.2. The van der Waals surface area contributed by atoms with Gasteiger partial charge in [-0.2, -0.15) is 4.98 Å². The van der Waals surface area contributed by atoms with Gasteiger partial charge in [-0.15, -0.1) is 0 Å². The van der Waals surface area contributed by atoms with Crippen molar-refractivity contribution in [1.82, 2.24) is 9.55 Å². The summed E-state index contributed by atoms with van der Waals surface area (Å²) < 4.78 is 13.6. The Hall–Kier alpha value is -2.34. The highest BCUT2D eigenvalue weighted by Gasteiger charge is 2.16. The Balaban J connectivity index is 1.97. The van der Waals surface area contributed by atoms with Crippen molar-refractivity contribution in [2.45, 2.75) is 13.5 Å². The second-order valence-corrected chi connectivity index (χ2v) is 5.75. The maximum atomic E-state index is 11.9. The van der Waals surface area contributed by atoms with Crippen LogP contribution in [0.2, 0.25) is 0 Å². The number of rotatable bonds is 5. The third kappa shape index (κ3) is 3.53. The van der Waals surface area contributed by atoms with Crippen LogP contribution in [-0.4, -0.2) is 22.1 Å². The van der Waals surface area contributed by atoms with Crippen LogP contribution in [0.3, 0.4) is 0 Å². The molecule has 0 aliphatic rings. The summed E-state index contributed by atoms with van der Waals surface area (Å²) >= 11 is 3.39. The number of halogens is 1. The van der Waals surface area contributed by atoms with E-state index in [9.17, 15) is 4.79 Å². The summed E-state index contributed by atoms with van der Waals surface area (Å²) in [6.45, 7) is 2.18. The van der Waals surface area contributed by atoms with Gasteiger partial charge >= 0.3 is 12.0 Å². The fourth-order valence-electron chi connectivity index (χ4n) is 2.23. The second kappa shape index (κ2) is 6.83. The van der Waals surface area contributed by atoms with E-state index in [1.165, 1.54) is 0 Å². The van der Waals surface area contributed by atoms with Gasteiger partial charge < -0.3 is 9.47 Å². The average molecular weight is 375 g/mol. The molecule has 0 saturated heterocycles. The Morgan fingerprint density at radius 3 is 2.65 bits per heavy atom. The van der Waals surface area contributed by atoms with E-state index in [2.05, 4.69) is 20.9 Å². The fraction of sp³-hybridized carbons (Fsp3) is 0.176. The number of hydrogen-bond donors (Lipinski definition) is 0. The number of carbonyl (C=O) groups is 1. The van der Waals surface area contributed by atoms with Gasteiger partial charge in [-0.1, -0.05) is 28.1 Å². The normalized spacial score (nSPS) is 10.7. The smallest absolute Gasteiger partial charge is 0.326 e. The average Bonchev–Trinajstić information content (AvgIpc) is 2.88. The Kier molecular flexibility index (Phi) is 4.62. The summed E-state index contributed by atoms with van der Waals surface area (Å²) in [5, 5.41) is 0. The Morgan fingerprint density at radius 2 is 1.91 bits per heavy atom. The van der Waals surface area contributed by atoms with E-state index in [1.807, 2.05) is 48.5 Å². The lowest BCUT2D eigenvalue weighted by Gasteiger charge is -2.09. The number of imidazole rings is 1. The molecule has 6 heteroatoms. The van der Waals surface area contributed by atoms with Gasteiger partial charge in [-0.3, -0.25) is 9.36 Å². The molecule has 0 radical (unpaired) electrons. The zero-order valence-electron chi connectivity index (χ0n) is 12.5. The SMILES string of the molecule is CCOC(=O)Cn1c(Oc2ccc(Br)cc2)nc2ccccc21. The molecule has 0 N–H and O–H groups in total. The molecule has 0 unspecified atom stereocenters. The van der Waals surface area contributed by atoms with E-state index >= 15 is 0 Å². The number of benzene rings is 2. The molecule has 3 aromatic rings. The molecule has 0 bridgehead atoms. The third-order valence-corrected chi connectivity index (χ3v) is 3.76. The van der Waals surface area contributed by atoms with Crippen molar-refractivity contribution in [3.05, 3.63) is 53.0 Å². The van der Waals surface area contributed by atoms with Gasteiger partial charge in [0.1, 0.15) is 12.3 Å². The first kappa shape index (κ1) is 15.6. The summed E-state index contributed by atoms with van der Waals surface area (Å²) in [7, 11) is 0. The molecule has 0 amide bonds. The van der Waals surface area contributed by atoms with E-state index in [0.717, 1.165) is 15.5 Å². The van der Waals surface area contributed by atoms with Crippen molar-refractivity contribution in [3.8, 4) is 11.8 Å². The standard InChI is InChI=1S/C17H15BrN2O3/c1-2-22-16(21)11-20-15-6-4-3-5-14(15)19-17(20)23-13-9-7-12(18)8-10-13/h3-10H,2,11H2,1H3. The van der Waals surface area contributed by atoms with Crippen molar-refractivity contribution in [1.29, 1.82) is 0 Å². The van der Waals surface area contributed by atoms with Crippen LogP contribution in [0.15, 0.2) is 53.0 Å². The lowest BCUT2D eigenvalue weighted by molar-refractivity contribution is -0.143. The molecule has 23 heavy (non-hydrogen) atoms. The van der Waals surface area contributed by atoms with Crippen molar-refractivity contribution < 1.29 is 14.3 Å². The molecule has 3 rings (SSSR count). The van der Waals surface area contributed by atoms with E-state index in [-0.39, 0.29) is 12.5 Å². The molecule has 5 nitrogen and oxygen atoms in total. The maximum Gasteiger partial charge on any atom is 0.326 e. The van der Waals surface area contributed by atoms with Gasteiger partial charge in [0.2, 0.25) is 0 Å². The molecule has 118 valence electrons. The van der Waals surface area contributed by atoms with Crippen molar-refractivity contribution in [3.63, 3.8) is 0 Å². The maximum absolute atomic E-state index is 11.9. The molecule has 0 aliphatic heterocycles. The predicted molar refractivity (Wildman–Crippen MR) is 90.6 cm³/mol. The molecule has 1 aromatic heterocycles. The molecule has 1 heterocycles. The number of aromatic nitrogens is 2. The van der Waals surface area contributed by atoms with E-state index in [4.69, 9.17) is 9.47 Å². The van der Waals surface area contributed by atoms with Crippen molar-refractivity contribution >= 4 is 32.9 Å². The number of carbonyl (C=O) groups excluding carboxylic acids is 1. The van der Waals surface area contributed by atoms with Crippen LogP contribution in [-0.2, 0) is 16.1 Å². The van der Waals surface area contributed by atoms with Gasteiger partial charge in [0, 0.05) is 4.47 Å². The minimum absolute atomic E-state index is 0.0558. The highest BCUT2D eigenvalue weighted by atomic mass is 79.9. The quantitative estimate of drug-likeness (QED) is 0.629. The first-order valence-electron chi connectivity index (χ1n) is 7.21. The van der Waals surface area contributed by atoms with Crippen molar-refractivity contribution in [2.75, 3.05) is 6.61 Å². The Bertz CT molecular complexity index is 827. The van der Waals surface area contributed by atoms with Crippen LogP contribution in [0.4, 0.5) is 0 Å². The number of para-hydroxylation sites is 2. The number of ether oxygens (including phenoxy) is 2. The minimum atomic E-state index is -0.323. The number of hydrogen-bond acceptors (Lipinski definition) is 4. The topological polar surface area (TPSA) is 53.4 Å². The monoisotopic (exact) mass is 374 g/mol. The number of nitrogens with zero attached hydrogens (tertiary/aromatic N) is 2. The largest absolute Gasteiger partial charge is 0.465 e. The van der Waals surface area contributed by atoms with Gasteiger partial charge in [0.15, 0.2) is 0 Å². The first-order valence-corrected chi connectivity index (χ1v) is 8.01. The van der Waals surface area contributed by atoms with Crippen LogP contribution in [0.25, 0.3) is 11.0 Å². The summed E-state index contributed by atoms with van der Waals surface area (Å²) in [6, 6.07) is 15.4. The van der Waals surface area contributed by atoms with Crippen LogP contribution < -0.4 is 4.74 Å². The number of esters is 1. The summed E-state index contributed by atoms with van der Waals surface area (Å²) in [5.41, 5.74) is 1.59. The Morgan fingerprint density at radius 1 is 1.17 bits per heavy atom. The molecule has 2 aromatic carbocycles. The summed E-state index contributed by atoms with van der Waals surface area (Å²) in [5.74, 6) is 0.324. The van der Waals surface area contributed by atoms with E-state index in [1.54, 1.807) is 11.5 Å². The summed E-state index contributed by atoms with van der Waals surface area (Å²) in [6.07, 6.45) is 0. The molecule has 0 aliphatic carbocycles. The van der Waals surface area contributed by atoms with Crippen LogP contribution in [0, 0.1) is 0 Å². The highest BCUT2D eigenvalue weighted by molar-refractivity contribution is 9.10. The highest BCUT2D eigenvalue weighted by Crippen LogP contribution is 2.27. The molecule has 0 saturated carbocycles. The summed E-state index contributed by atoms with van der Waals surface area (Å²) in [4.78, 5) is 16.3. The van der Waals surface area contributed by atoms with Gasteiger partial charge in [0.25, 0.3) is 0 Å². The van der Waals surface area contributed by atoms with E-state index < -0.39 is 0 Å². The van der Waals surface area contributed by atoms with E-state index in [0.29, 0.717) is 18.4 Å². The zero-order valence-corrected chi connectivity index (χ0v) is 14.1. The molecule has 0 atom stereocenters. The van der Waals surface area contributed by atoms with Gasteiger partial charge in [-0.25, -0.2) is 0 Å². The van der Waals surface area contributed by atoms with Crippen LogP contribution in [0.1, 0.15) is 6.92 Å². The van der Waals surface area contributed by atoms with Gasteiger partial charge in [-0.05, 0) is 43.3 Å². The van der Waals surface area contributed by atoms with Crippen LogP contribution >= 0.6 is 15.9 Å². The third-order valence-electron chi connectivity index (χ3n) is 3.23. The lowest BCUT2D eigenvalue weighted by atomic mass is 10.3. The Labute approximate surface area is 142 Å². The first-order chi connectivity index (χ1) is 11.2. The van der Waals surface area contributed by atoms with Gasteiger partial charge in [0.05, 0.1) is 17.6 Å². The predicted octanol–water partition coefficient (Wildman–Crippen LogP) is 4.15. The fourth-order valence-corrected chi connectivity index (χ4v) is 2.49. The lowest BCUT2D eigenvalue weighted by Crippen LogP contribution is -2.14.